The third kappa shape index (κ3) is 4.34. The Bertz CT molecular complexity index is 721. The van der Waals surface area contributed by atoms with Gasteiger partial charge in [0.1, 0.15) is 0 Å². The first-order valence-corrected chi connectivity index (χ1v) is 9.11. The molecule has 134 valence electrons. The van der Waals surface area contributed by atoms with E-state index in [1.54, 1.807) is 0 Å². The number of aryl methyl sites for hydroxylation is 1. The number of hydrogen-bond donors (Lipinski definition) is 0. The van der Waals surface area contributed by atoms with Crippen LogP contribution in [0.5, 0.6) is 0 Å². The van der Waals surface area contributed by atoms with Crippen LogP contribution in [0, 0.1) is 12.8 Å². The second-order valence-corrected chi connectivity index (χ2v) is 7.48. The molecule has 5 nitrogen and oxygen atoms in total. The molecule has 1 fully saturated rings. The van der Waals surface area contributed by atoms with Crippen molar-refractivity contribution < 1.29 is 4.74 Å². The summed E-state index contributed by atoms with van der Waals surface area (Å²) in [5.41, 5.74) is 4.36. The van der Waals surface area contributed by atoms with Gasteiger partial charge in [0, 0.05) is 36.7 Å². The molecule has 0 aliphatic carbocycles. The molecule has 3 heterocycles. The van der Waals surface area contributed by atoms with Gasteiger partial charge in [-0.1, -0.05) is 13.8 Å². The van der Waals surface area contributed by atoms with Gasteiger partial charge < -0.3 is 9.64 Å². The van der Waals surface area contributed by atoms with Crippen molar-refractivity contribution in [1.82, 2.24) is 15.0 Å². The Hall–Kier alpha value is -2.01. The van der Waals surface area contributed by atoms with E-state index in [9.17, 15) is 0 Å². The summed E-state index contributed by atoms with van der Waals surface area (Å²) >= 11 is 0. The summed E-state index contributed by atoms with van der Waals surface area (Å²) in [6.07, 6.45) is 5.15. The van der Waals surface area contributed by atoms with E-state index in [0.29, 0.717) is 5.92 Å². The highest BCUT2D eigenvalue weighted by Gasteiger charge is 2.25. The fourth-order valence-electron chi connectivity index (χ4n) is 3.40. The first-order valence-electron chi connectivity index (χ1n) is 9.11. The van der Waals surface area contributed by atoms with Gasteiger partial charge in [-0.05, 0) is 50.8 Å². The zero-order chi connectivity index (χ0) is 18.0. The van der Waals surface area contributed by atoms with Crippen LogP contribution in [0.25, 0.3) is 11.1 Å². The normalized spacial score (nSPS) is 21.0. The molecule has 0 bridgehead atoms. The maximum atomic E-state index is 5.83. The lowest BCUT2D eigenvalue weighted by Gasteiger charge is -2.35. The largest absolute Gasteiger partial charge is 0.372 e. The van der Waals surface area contributed by atoms with Crippen LogP contribution in [0.3, 0.4) is 0 Å². The van der Waals surface area contributed by atoms with Gasteiger partial charge in [0.25, 0.3) is 0 Å². The first kappa shape index (κ1) is 17.8. The van der Waals surface area contributed by atoms with Gasteiger partial charge in [0.15, 0.2) is 0 Å². The van der Waals surface area contributed by atoms with E-state index in [0.717, 1.165) is 48.0 Å². The van der Waals surface area contributed by atoms with Crippen molar-refractivity contribution in [3.05, 3.63) is 35.9 Å². The fourth-order valence-corrected chi connectivity index (χ4v) is 3.40. The molecule has 5 heteroatoms. The summed E-state index contributed by atoms with van der Waals surface area (Å²) in [6.45, 7) is 12.3. The third-order valence-electron chi connectivity index (χ3n) is 4.37. The lowest BCUT2D eigenvalue weighted by Crippen LogP contribution is -2.46. The molecular formula is C20H28N4O. The summed E-state index contributed by atoms with van der Waals surface area (Å²) in [7, 11) is 0. The Labute approximate surface area is 150 Å². The summed E-state index contributed by atoms with van der Waals surface area (Å²) in [4.78, 5) is 16.2. The van der Waals surface area contributed by atoms with Crippen molar-refractivity contribution in [2.75, 3.05) is 18.0 Å². The summed E-state index contributed by atoms with van der Waals surface area (Å²) in [6, 6.07) is 4.13. The van der Waals surface area contributed by atoms with Crippen LogP contribution in [-0.2, 0) is 11.2 Å². The Morgan fingerprint density at radius 1 is 1.20 bits per heavy atom. The van der Waals surface area contributed by atoms with Gasteiger partial charge in [0.05, 0.1) is 17.9 Å². The summed E-state index contributed by atoms with van der Waals surface area (Å²) in [5, 5.41) is 0. The minimum absolute atomic E-state index is 0.198. The number of anilines is 1. The predicted octanol–water partition coefficient (Wildman–Crippen LogP) is 3.66. The fraction of sp³-hybridized carbons (Fsp3) is 0.550. The van der Waals surface area contributed by atoms with Crippen molar-refractivity contribution in [2.24, 2.45) is 5.92 Å². The molecule has 2 unspecified atom stereocenters. The molecular weight excluding hydrogens is 312 g/mol. The molecule has 0 spiro atoms. The molecule has 3 rings (SSSR count). The van der Waals surface area contributed by atoms with Gasteiger partial charge in [-0.2, -0.15) is 0 Å². The van der Waals surface area contributed by atoms with Gasteiger partial charge in [-0.3, -0.25) is 4.98 Å². The molecule has 2 aromatic rings. The van der Waals surface area contributed by atoms with E-state index in [4.69, 9.17) is 9.72 Å². The first-order chi connectivity index (χ1) is 11.9. The van der Waals surface area contributed by atoms with Crippen LogP contribution in [0.2, 0.25) is 0 Å². The second kappa shape index (κ2) is 7.48. The monoisotopic (exact) mass is 340 g/mol. The number of hydrogen-bond acceptors (Lipinski definition) is 5. The van der Waals surface area contributed by atoms with Crippen molar-refractivity contribution in [3.63, 3.8) is 0 Å². The van der Waals surface area contributed by atoms with E-state index in [2.05, 4.69) is 48.6 Å². The van der Waals surface area contributed by atoms with Crippen molar-refractivity contribution >= 4 is 5.95 Å². The quantitative estimate of drug-likeness (QED) is 0.850. The average Bonchev–Trinajstić information content (AvgIpc) is 2.53. The number of pyridine rings is 1. The van der Waals surface area contributed by atoms with Gasteiger partial charge >= 0.3 is 0 Å². The molecule has 0 saturated carbocycles. The molecule has 1 saturated heterocycles. The van der Waals surface area contributed by atoms with Crippen LogP contribution in [0.1, 0.15) is 39.1 Å². The molecule has 1 aliphatic heterocycles. The lowest BCUT2D eigenvalue weighted by atomic mass is 9.99. The number of rotatable bonds is 4. The van der Waals surface area contributed by atoms with Gasteiger partial charge in [-0.15, -0.1) is 0 Å². The standard InChI is InChI=1S/C20H28N4O/c1-13(2)8-19-18(17-6-7-21-14(3)9-17)10-22-20(23-19)24-11-15(4)25-16(5)12-24/h6-7,9-10,13,15-16H,8,11-12H2,1-5H3. The molecule has 0 amide bonds. The molecule has 0 N–H and O–H groups in total. The molecule has 0 radical (unpaired) electrons. The Morgan fingerprint density at radius 3 is 2.56 bits per heavy atom. The topological polar surface area (TPSA) is 51.1 Å². The molecule has 2 atom stereocenters. The van der Waals surface area contributed by atoms with Crippen LogP contribution in [-0.4, -0.2) is 40.2 Å². The second-order valence-electron chi connectivity index (χ2n) is 7.48. The van der Waals surface area contributed by atoms with E-state index < -0.39 is 0 Å². The Morgan fingerprint density at radius 2 is 1.92 bits per heavy atom. The highest BCUT2D eigenvalue weighted by atomic mass is 16.5. The van der Waals surface area contributed by atoms with Crippen LogP contribution in [0.4, 0.5) is 5.95 Å². The van der Waals surface area contributed by atoms with E-state index in [1.807, 2.05) is 25.4 Å². The third-order valence-corrected chi connectivity index (χ3v) is 4.37. The van der Waals surface area contributed by atoms with Crippen molar-refractivity contribution in [2.45, 2.75) is 53.2 Å². The maximum absolute atomic E-state index is 5.83. The minimum atomic E-state index is 0.198. The molecule has 25 heavy (non-hydrogen) atoms. The minimum Gasteiger partial charge on any atom is -0.372 e. The van der Waals surface area contributed by atoms with Crippen molar-refractivity contribution in [1.29, 1.82) is 0 Å². The van der Waals surface area contributed by atoms with Crippen molar-refractivity contribution in [3.8, 4) is 11.1 Å². The number of aromatic nitrogens is 3. The molecule has 0 aromatic carbocycles. The Balaban J connectivity index is 1.97. The SMILES string of the molecule is Cc1cc(-c2cnc(N3CC(C)OC(C)C3)nc2CC(C)C)ccn1. The zero-order valence-electron chi connectivity index (χ0n) is 15.9. The average molecular weight is 340 g/mol. The van der Waals surface area contributed by atoms with Crippen LogP contribution >= 0.6 is 0 Å². The highest BCUT2D eigenvalue weighted by molar-refractivity contribution is 5.66. The zero-order valence-corrected chi connectivity index (χ0v) is 15.9. The van der Waals surface area contributed by atoms with E-state index in [1.165, 1.54) is 0 Å². The summed E-state index contributed by atoms with van der Waals surface area (Å²) in [5.74, 6) is 1.35. The highest BCUT2D eigenvalue weighted by Crippen LogP contribution is 2.26. The van der Waals surface area contributed by atoms with E-state index in [-0.39, 0.29) is 12.2 Å². The smallest absolute Gasteiger partial charge is 0.225 e. The van der Waals surface area contributed by atoms with Crippen LogP contribution in [0.15, 0.2) is 24.5 Å². The number of ether oxygens (including phenoxy) is 1. The Kier molecular flexibility index (Phi) is 5.33. The lowest BCUT2D eigenvalue weighted by molar-refractivity contribution is -0.00573. The van der Waals surface area contributed by atoms with Crippen LogP contribution < -0.4 is 4.90 Å². The van der Waals surface area contributed by atoms with Gasteiger partial charge in [0.2, 0.25) is 5.95 Å². The molecule has 2 aromatic heterocycles. The van der Waals surface area contributed by atoms with Gasteiger partial charge in [-0.25, -0.2) is 9.97 Å². The summed E-state index contributed by atoms with van der Waals surface area (Å²) < 4.78 is 5.83. The number of nitrogens with zero attached hydrogens (tertiary/aromatic N) is 4. The van der Waals surface area contributed by atoms with E-state index >= 15 is 0 Å². The predicted molar refractivity (Wildman–Crippen MR) is 101 cm³/mol. The maximum Gasteiger partial charge on any atom is 0.225 e. The number of morpholine rings is 1. The molecule has 1 aliphatic rings.